The lowest BCUT2D eigenvalue weighted by Gasteiger charge is -2.00. The van der Waals surface area contributed by atoms with Gasteiger partial charge in [0.1, 0.15) is 0 Å². The van der Waals surface area contributed by atoms with Gasteiger partial charge in [0, 0.05) is 5.57 Å². The van der Waals surface area contributed by atoms with Crippen LogP contribution in [-0.2, 0) is 14.3 Å². The summed E-state index contributed by atoms with van der Waals surface area (Å²) in [5.74, 6) is -2.06. The number of carboxylic acid groups (broad SMARTS) is 1. The third kappa shape index (κ3) is 4.10. The molecule has 0 fully saturated rings. The van der Waals surface area contributed by atoms with E-state index in [1.54, 1.807) is 0 Å². The van der Waals surface area contributed by atoms with Gasteiger partial charge in [0.15, 0.2) is 6.79 Å². The minimum absolute atomic E-state index is 0.188. The number of hydrogen-bond acceptors (Lipinski definition) is 4. The first-order valence-corrected chi connectivity index (χ1v) is 2.75. The maximum absolute atomic E-state index is 10.5. The first-order chi connectivity index (χ1) is 5.07. The summed E-state index contributed by atoms with van der Waals surface area (Å²) in [5, 5.41) is 16.3. The Bertz CT molecular complexity index is 183. The van der Waals surface area contributed by atoms with E-state index >= 15 is 0 Å². The second-order valence-corrected chi connectivity index (χ2v) is 1.73. The van der Waals surface area contributed by atoms with Crippen LogP contribution in [0.4, 0.5) is 0 Å². The molecule has 0 amide bonds. The number of carboxylic acids is 1. The Balaban J connectivity index is 3.83. The molecular weight excluding hydrogens is 152 g/mol. The lowest BCUT2D eigenvalue weighted by atomic mass is 10.2. The van der Waals surface area contributed by atoms with Crippen molar-refractivity contribution in [3.8, 4) is 0 Å². The zero-order chi connectivity index (χ0) is 8.85. The van der Waals surface area contributed by atoms with Gasteiger partial charge in [-0.2, -0.15) is 0 Å². The van der Waals surface area contributed by atoms with Crippen LogP contribution < -0.4 is 0 Å². The third-order valence-electron chi connectivity index (χ3n) is 0.849. The number of carbonyl (C=O) groups is 2. The highest BCUT2D eigenvalue weighted by Gasteiger charge is 2.10. The van der Waals surface area contributed by atoms with E-state index in [2.05, 4.69) is 11.3 Å². The van der Waals surface area contributed by atoms with Crippen molar-refractivity contribution in [1.29, 1.82) is 0 Å². The predicted octanol–water partition coefficient (Wildman–Crippen LogP) is -0.490. The van der Waals surface area contributed by atoms with Gasteiger partial charge in [-0.05, 0) is 0 Å². The number of aliphatic carboxylic acids is 1. The summed E-state index contributed by atoms with van der Waals surface area (Å²) in [4.78, 5) is 20.5. The monoisotopic (exact) mass is 160 g/mol. The van der Waals surface area contributed by atoms with E-state index in [9.17, 15) is 9.59 Å². The van der Waals surface area contributed by atoms with Crippen LogP contribution >= 0.6 is 0 Å². The van der Waals surface area contributed by atoms with Gasteiger partial charge in [0.25, 0.3) is 0 Å². The van der Waals surface area contributed by atoms with Crippen LogP contribution in [0, 0.1) is 0 Å². The molecule has 5 heteroatoms. The number of carbonyl (C=O) groups excluding carboxylic acids is 1. The van der Waals surface area contributed by atoms with Crippen molar-refractivity contribution in [1.82, 2.24) is 0 Å². The summed E-state index contributed by atoms with van der Waals surface area (Å²) >= 11 is 0. The Morgan fingerprint density at radius 3 is 2.36 bits per heavy atom. The van der Waals surface area contributed by atoms with Gasteiger partial charge in [-0.1, -0.05) is 6.58 Å². The van der Waals surface area contributed by atoms with Crippen LogP contribution in [0.15, 0.2) is 12.2 Å². The van der Waals surface area contributed by atoms with Crippen molar-refractivity contribution < 1.29 is 24.5 Å². The molecule has 0 aliphatic heterocycles. The average molecular weight is 160 g/mol. The fourth-order valence-electron chi connectivity index (χ4n) is 0.415. The Morgan fingerprint density at radius 2 is 2.00 bits per heavy atom. The molecule has 0 atom stereocenters. The molecule has 0 unspecified atom stereocenters. The summed E-state index contributed by atoms with van der Waals surface area (Å²) in [6.45, 7) is 2.38. The molecule has 0 rings (SSSR count). The Kier molecular flexibility index (Phi) is 3.90. The lowest BCUT2D eigenvalue weighted by molar-refractivity contribution is -0.149. The van der Waals surface area contributed by atoms with E-state index < -0.39 is 25.2 Å². The highest BCUT2D eigenvalue weighted by molar-refractivity contribution is 5.92. The van der Waals surface area contributed by atoms with E-state index in [1.165, 1.54) is 0 Å². The van der Waals surface area contributed by atoms with Crippen LogP contribution in [0.25, 0.3) is 0 Å². The zero-order valence-corrected chi connectivity index (χ0v) is 5.74. The Labute approximate surface area is 62.9 Å². The fourth-order valence-corrected chi connectivity index (χ4v) is 0.415. The predicted molar refractivity (Wildman–Crippen MR) is 34.6 cm³/mol. The summed E-state index contributed by atoms with van der Waals surface area (Å²) in [6, 6.07) is 0. The van der Waals surface area contributed by atoms with E-state index in [4.69, 9.17) is 10.2 Å². The minimum Gasteiger partial charge on any atom is -0.481 e. The maximum Gasteiger partial charge on any atom is 0.336 e. The largest absolute Gasteiger partial charge is 0.481 e. The van der Waals surface area contributed by atoms with Gasteiger partial charge in [-0.3, -0.25) is 4.79 Å². The smallest absolute Gasteiger partial charge is 0.336 e. The van der Waals surface area contributed by atoms with E-state index in [0.717, 1.165) is 0 Å². The quantitative estimate of drug-likeness (QED) is 0.329. The van der Waals surface area contributed by atoms with Gasteiger partial charge in [-0.25, -0.2) is 4.79 Å². The molecule has 0 radical (unpaired) electrons. The van der Waals surface area contributed by atoms with Gasteiger partial charge < -0.3 is 14.9 Å². The molecule has 0 spiro atoms. The topological polar surface area (TPSA) is 83.8 Å². The van der Waals surface area contributed by atoms with Gasteiger partial charge in [-0.15, -0.1) is 0 Å². The molecule has 5 nitrogen and oxygen atoms in total. The van der Waals surface area contributed by atoms with E-state index in [-0.39, 0.29) is 5.57 Å². The third-order valence-corrected chi connectivity index (χ3v) is 0.849. The molecule has 0 heterocycles. The highest BCUT2D eigenvalue weighted by atomic mass is 16.6. The molecule has 11 heavy (non-hydrogen) atoms. The van der Waals surface area contributed by atoms with Crippen molar-refractivity contribution in [2.45, 2.75) is 6.42 Å². The van der Waals surface area contributed by atoms with Crippen molar-refractivity contribution in [3.05, 3.63) is 12.2 Å². The normalized spacial score (nSPS) is 8.82. The van der Waals surface area contributed by atoms with Gasteiger partial charge in [0.2, 0.25) is 0 Å². The van der Waals surface area contributed by atoms with Crippen LogP contribution in [-0.4, -0.2) is 28.9 Å². The molecule has 0 aliphatic rings. The summed E-state index contributed by atoms with van der Waals surface area (Å²) in [6.07, 6.45) is -0.473. The number of aliphatic hydroxyl groups excluding tert-OH is 1. The van der Waals surface area contributed by atoms with Gasteiger partial charge >= 0.3 is 11.9 Å². The van der Waals surface area contributed by atoms with Crippen LogP contribution in [0.2, 0.25) is 0 Å². The second kappa shape index (κ2) is 4.45. The highest BCUT2D eigenvalue weighted by Crippen LogP contribution is 1.99. The first-order valence-electron chi connectivity index (χ1n) is 2.75. The summed E-state index contributed by atoms with van der Waals surface area (Å²) in [7, 11) is 0. The summed E-state index contributed by atoms with van der Waals surface area (Å²) in [5.41, 5.74) is -0.188. The minimum atomic E-state index is -1.16. The molecular formula is C6H8O5. The molecule has 0 saturated heterocycles. The zero-order valence-electron chi connectivity index (χ0n) is 5.74. The summed E-state index contributed by atoms with van der Waals surface area (Å²) < 4.78 is 4.06. The van der Waals surface area contributed by atoms with Gasteiger partial charge in [0.05, 0.1) is 6.42 Å². The van der Waals surface area contributed by atoms with Crippen LogP contribution in [0.3, 0.4) is 0 Å². The molecule has 0 saturated carbocycles. The standard InChI is InChI=1S/C6H8O5/c1-4(2-5(8)9)6(10)11-3-7/h7H,1-3H2,(H,8,9). The van der Waals surface area contributed by atoms with Crippen molar-refractivity contribution in [3.63, 3.8) is 0 Å². The molecule has 0 aromatic carbocycles. The SMILES string of the molecule is C=C(CC(=O)O)C(=O)OCO. The second-order valence-electron chi connectivity index (χ2n) is 1.73. The van der Waals surface area contributed by atoms with Crippen molar-refractivity contribution in [2.24, 2.45) is 0 Å². The van der Waals surface area contributed by atoms with Crippen LogP contribution in [0.1, 0.15) is 6.42 Å². The lowest BCUT2D eigenvalue weighted by Crippen LogP contribution is -2.10. The number of esters is 1. The Morgan fingerprint density at radius 1 is 1.45 bits per heavy atom. The average Bonchev–Trinajstić information content (AvgIpc) is 1.86. The molecule has 0 aromatic heterocycles. The number of rotatable bonds is 4. The molecule has 0 aliphatic carbocycles. The molecule has 62 valence electrons. The number of hydrogen-bond donors (Lipinski definition) is 2. The van der Waals surface area contributed by atoms with Crippen molar-refractivity contribution in [2.75, 3.05) is 6.79 Å². The Hall–Kier alpha value is -1.36. The van der Waals surface area contributed by atoms with Crippen LogP contribution in [0.5, 0.6) is 0 Å². The molecule has 0 aromatic rings. The molecule has 0 bridgehead atoms. The fraction of sp³-hybridized carbons (Fsp3) is 0.333. The van der Waals surface area contributed by atoms with E-state index in [1.807, 2.05) is 0 Å². The first kappa shape index (κ1) is 9.64. The number of aliphatic hydroxyl groups is 1. The van der Waals surface area contributed by atoms with Crippen molar-refractivity contribution >= 4 is 11.9 Å². The van der Waals surface area contributed by atoms with E-state index in [0.29, 0.717) is 0 Å². The maximum atomic E-state index is 10.5. The number of ether oxygens (including phenoxy) is 1. The molecule has 2 N–H and O–H groups in total.